The van der Waals surface area contributed by atoms with Gasteiger partial charge in [-0.05, 0) is 66.5 Å². The van der Waals surface area contributed by atoms with Crippen LogP contribution in [-0.4, -0.2) is 12.1 Å². The van der Waals surface area contributed by atoms with E-state index >= 15 is 0 Å². The molecular weight excluding hydrogens is 301 g/mol. The Bertz CT molecular complexity index is 321. The van der Waals surface area contributed by atoms with Gasteiger partial charge in [-0.15, -0.1) is 0 Å². The number of ether oxygens (including phenoxy) is 1. The predicted octanol–water partition coefficient (Wildman–Crippen LogP) is 2.94. The second kappa shape index (κ2) is 5.16. The summed E-state index contributed by atoms with van der Waals surface area (Å²) in [5, 5.41) is 0. The van der Waals surface area contributed by atoms with Crippen LogP contribution >= 0.6 is 22.6 Å². The number of hydrogen-bond acceptors (Lipinski definition) is 2. The SMILES string of the molecule is NC1CCC(Oc2cccc(I)c2)CC1. The van der Waals surface area contributed by atoms with Crippen molar-refractivity contribution in [3.63, 3.8) is 0 Å². The van der Waals surface area contributed by atoms with Crippen molar-refractivity contribution in [2.45, 2.75) is 37.8 Å². The van der Waals surface area contributed by atoms with Gasteiger partial charge in [-0.25, -0.2) is 0 Å². The third kappa shape index (κ3) is 3.34. The fourth-order valence-corrected chi connectivity index (χ4v) is 2.45. The molecule has 1 aromatic rings. The monoisotopic (exact) mass is 317 g/mol. The Labute approximate surface area is 104 Å². The van der Waals surface area contributed by atoms with E-state index < -0.39 is 0 Å². The first-order valence-electron chi connectivity index (χ1n) is 5.42. The van der Waals surface area contributed by atoms with Crippen molar-refractivity contribution in [2.75, 3.05) is 0 Å². The molecule has 82 valence electrons. The van der Waals surface area contributed by atoms with Crippen LogP contribution < -0.4 is 10.5 Å². The van der Waals surface area contributed by atoms with E-state index in [0.29, 0.717) is 12.1 Å². The molecule has 0 spiro atoms. The van der Waals surface area contributed by atoms with Crippen LogP contribution in [-0.2, 0) is 0 Å². The van der Waals surface area contributed by atoms with Crippen molar-refractivity contribution < 1.29 is 4.74 Å². The maximum Gasteiger partial charge on any atom is 0.120 e. The van der Waals surface area contributed by atoms with Crippen LogP contribution in [0.5, 0.6) is 5.75 Å². The predicted molar refractivity (Wildman–Crippen MR) is 70.0 cm³/mol. The highest BCUT2D eigenvalue weighted by atomic mass is 127. The molecule has 0 aromatic heterocycles. The Morgan fingerprint density at radius 1 is 1.20 bits per heavy atom. The molecule has 0 amide bonds. The largest absolute Gasteiger partial charge is 0.490 e. The second-order valence-electron chi connectivity index (χ2n) is 4.11. The Hall–Kier alpha value is -0.290. The molecule has 0 bridgehead atoms. The van der Waals surface area contributed by atoms with Crippen molar-refractivity contribution in [3.8, 4) is 5.75 Å². The Kier molecular flexibility index (Phi) is 3.86. The van der Waals surface area contributed by atoms with Gasteiger partial charge >= 0.3 is 0 Å². The summed E-state index contributed by atoms with van der Waals surface area (Å²) in [6, 6.07) is 8.60. The average Bonchev–Trinajstić information content (AvgIpc) is 2.22. The van der Waals surface area contributed by atoms with Crippen LogP contribution in [0.15, 0.2) is 24.3 Å². The van der Waals surface area contributed by atoms with E-state index in [1.54, 1.807) is 0 Å². The molecule has 2 rings (SSSR count). The molecule has 1 aliphatic rings. The molecule has 15 heavy (non-hydrogen) atoms. The van der Waals surface area contributed by atoms with Crippen LogP contribution in [0.4, 0.5) is 0 Å². The van der Waals surface area contributed by atoms with Gasteiger partial charge in [-0.3, -0.25) is 0 Å². The Morgan fingerprint density at radius 2 is 1.93 bits per heavy atom. The molecule has 0 unspecified atom stereocenters. The molecule has 0 atom stereocenters. The summed E-state index contributed by atoms with van der Waals surface area (Å²) in [5.74, 6) is 0.988. The van der Waals surface area contributed by atoms with Crippen molar-refractivity contribution in [1.82, 2.24) is 0 Å². The maximum atomic E-state index is 5.92. The van der Waals surface area contributed by atoms with Crippen LogP contribution in [0.1, 0.15) is 25.7 Å². The minimum absolute atomic E-state index is 0.364. The lowest BCUT2D eigenvalue weighted by atomic mass is 9.94. The van der Waals surface area contributed by atoms with Crippen LogP contribution in [0, 0.1) is 3.57 Å². The third-order valence-corrected chi connectivity index (χ3v) is 3.49. The third-order valence-electron chi connectivity index (χ3n) is 2.82. The minimum atomic E-state index is 0.364. The zero-order chi connectivity index (χ0) is 10.7. The van der Waals surface area contributed by atoms with E-state index in [1.165, 1.54) is 3.57 Å². The van der Waals surface area contributed by atoms with E-state index in [-0.39, 0.29) is 0 Å². The summed E-state index contributed by atoms with van der Waals surface area (Å²) in [6.45, 7) is 0. The maximum absolute atomic E-state index is 5.92. The first-order valence-corrected chi connectivity index (χ1v) is 6.50. The van der Waals surface area contributed by atoms with Crippen LogP contribution in [0.2, 0.25) is 0 Å². The molecule has 0 saturated heterocycles. The number of halogens is 1. The number of hydrogen-bond donors (Lipinski definition) is 1. The summed E-state index contributed by atoms with van der Waals surface area (Å²) in [6.07, 6.45) is 4.73. The van der Waals surface area contributed by atoms with E-state index in [9.17, 15) is 0 Å². The highest BCUT2D eigenvalue weighted by Gasteiger charge is 2.19. The molecule has 0 heterocycles. The van der Waals surface area contributed by atoms with Crippen molar-refractivity contribution in [2.24, 2.45) is 5.73 Å². The average molecular weight is 317 g/mol. The van der Waals surface area contributed by atoms with E-state index in [2.05, 4.69) is 34.7 Å². The van der Waals surface area contributed by atoms with Gasteiger partial charge in [0.05, 0.1) is 6.10 Å². The van der Waals surface area contributed by atoms with Crippen LogP contribution in [0.25, 0.3) is 0 Å². The highest BCUT2D eigenvalue weighted by molar-refractivity contribution is 14.1. The standard InChI is InChI=1S/C12H16INO/c13-9-2-1-3-12(8-9)15-11-6-4-10(14)5-7-11/h1-3,8,10-11H,4-7,14H2. The number of rotatable bonds is 2. The highest BCUT2D eigenvalue weighted by Crippen LogP contribution is 2.23. The van der Waals surface area contributed by atoms with Gasteiger partial charge in [0.2, 0.25) is 0 Å². The minimum Gasteiger partial charge on any atom is -0.490 e. The van der Waals surface area contributed by atoms with Gasteiger partial charge in [-0.1, -0.05) is 6.07 Å². The number of nitrogens with two attached hydrogens (primary N) is 1. The Balaban J connectivity index is 1.92. The van der Waals surface area contributed by atoms with Crippen molar-refractivity contribution in [3.05, 3.63) is 27.8 Å². The molecular formula is C12H16INO. The molecule has 0 radical (unpaired) electrons. The molecule has 0 aliphatic heterocycles. The van der Waals surface area contributed by atoms with Gasteiger partial charge in [-0.2, -0.15) is 0 Å². The lowest BCUT2D eigenvalue weighted by Crippen LogP contribution is -2.31. The summed E-state index contributed by atoms with van der Waals surface area (Å²) in [5.41, 5.74) is 5.86. The first kappa shape index (κ1) is 11.2. The molecule has 1 fully saturated rings. The summed E-state index contributed by atoms with van der Waals surface area (Å²) in [4.78, 5) is 0. The Morgan fingerprint density at radius 3 is 2.60 bits per heavy atom. The molecule has 1 saturated carbocycles. The molecule has 1 aliphatic carbocycles. The normalized spacial score (nSPS) is 26.3. The molecule has 2 N–H and O–H groups in total. The van der Waals surface area contributed by atoms with E-state index in [0.717, 1.165) is 31.4 Å². The van der Waals surface area contributed by atoms with Gasteiger partial charge < -0.3 is 10.5 Å². The smallest absolute Gasteiger partial charge is 0.120 e. The summed E-state index contributed by atoms with van der Waals surface area (Å²) in [7, 11) is 0. The van der Waals surface area contributed by atoms with E-state index in [1.807, 2.05) is 12.1 Å². The van der Waals surface area contributed by atoms with Crippen molar-refractivity contribution >= 4 is 22.6 Å². The lowest BCUT2D eigenvalue weighted by molar-refractivity contribution is 0.147. The lowest BCUT2D eigenvalue weighted by Gasteiger charge is -2.26. The molecule has 3 heteroatoms. The van der Waals surface area contributed by atoms with Gasteiger partial charge in [0, 0.05) is 9.61 Å². The first-order chi connectivity index (χ1) is 7.24. The zero-order valence-electron chi connectivity index (χ0n) is 8.66. The fourth-order valence-electron chi connectivity index (χ4n) is 1.94. The quantitative estimate of drug-likeness (QED) is 0.851. The second-order valence-corrected chi connectivity index (χ2v) is 5.36. The fraction of sp³-hybridized carbons (Fsp3) is 0.500. The van der Waals surface area contributed by atoms with Crippen LogP contribution in [0.3, 0.4) is 0 Å². The topological polar surface area (TPSA) is 35.2 Å². The molecule has 2 nitrogen and oxygen atoms in total. The van der Waals surface area contributed by atoms with Gasteiger partial charge in [0.25, 0.3) is 0 Å². The molecule has 1 aromatic carbocycles. The summed E-state index contributed by atoms with van der Waals surface area (Å²) < 4.78 is 7.14. The number of benzene rings is 1. The van der Waals surface area contributed by atoms with Gasteiger partial charge in [0.1, 0.15) is 5.75 Å². The zero-order valence-corrected chi connectivity index (χ0v) is 10.8. The van der Waals surface area contributed by atoms with E-state index in [4.69, 9.17) is 10.5 Å². The van der Waals surface area contributed by atoms with Crippen molar-refractivity contribution in [1.29, 1.82) is 0 Å². The summed E-state index contributed by atoms with van der Waals surface area (Å²) >= 11 is 2.30. The van der Waals surface area contributed by atoms with Gasteiger partial charge in [0.15, 0.2) is 0 Å².